The average molecular weight is 248 g/mol. The van der Waals surface area contributed by atoms with Crippen LogP contribution in [0.25, 0.3) is 0 Å². The number of rotatable bonds is 2. The van der Waals surface area contributed by atoms with E-state index in [-0.39, 0.29) is 18.0 Å². The maximum absolute atomic E-state index is 11.9. The fraction of sp³-hybridized carbons (Fsp3) is 0.250. The van der Waals surface area contributed by atoms with Crippen molar-refractivity contribution in [2.75, 3.05) is 0 Å². The van der Waals surface area contributed by atoms with Gasteiger partial charge >= 0.3 is 5.69 Å². The van der Waals surface area contributed by atoms with Crippen molar-refractivity contribution in [3.8, 4) is 5.88 Å². The summed E-state index contributed by atoms with van der Waals surface area (Å²) in [5.74, 6) is -0.292. The summed E-state index contributed by atoms with van der Waals surface area (Å²) in [6.07, 6.45) is 3.56. The minimum Gasteiger partial charge on any atom is -0.494 e. The van der Waals surface area contributed by atoms with E-state index in [1.54, 1.807) is 17.0 Å². The van der Waals surface area contributed by atoms with E-state index < -0.39 is 11.2 Å². The minimum absolute atomic E-state index is 0.191. The van der Waals surface area contributed by atoms with Crippen LogP contribution in [0.5, 0.6) is 5.88 Å². The number of pyridine rings is 1. The highest BCUT2D eigenvalue weighted by atomic mass is 16.3. The topological polar surface area (TPSA) is 68.1 Å². The van der Waals surface area contributed by atoms with Crippen molar-refractivity contribution < 1.29 is 9.67 Å². The molecule has 0 bridgehead atoms. The zero-order valence-electron chi connectivity index (χ0n) is 10.2. The second-order valence-electron chi connectivity index (χ2n) is 4.06. The van der Waals surface area contributed by atoms with Crippen LogP contribution >= 0.6 is 0 Å². The van der Waals surface area contributed by atoms with Gasteiger partial charge in [-0.25, -0.2) is 9.36 Å². The molecule has 1 N–H and O–H groups in total. The molecule has 0 amide bonds. The van der Waals surface area contributed by atoms with Gasteiger partial charge in [-0.3, -0.25) is 13.9 Å². The third-order valence-electron chi connectivity index (χ3n) is 2.84. The quantitative estimate of drug-likeness (QED) is 0.702. The van der Waals surface area contributed by atoms with Gasteiger partial charge in [0.05, 0.1) is 0 Å². The molecule has 0 unspecified atom stereocenters. The van der Waals surface area contributed by atoms with Gasteiger partial charge in [-0.05, 0) is 0 Å². The predicted molar refractivity (Wildman–Crippen MR) is 64.3 cm³/mol. The van der Waals surface area contributed by atoms with E-state index in [0.717, 1.165) is 9.13 Å². The maximum Gasteiger partial charge on any atom is 0.333 e. The first-order valence-corrected chi connectivity index (χ1v) is 5.44. The molecule has 6 nitrogen and oxygen atoms in total. The highest BCUT2D eigenvalue weighted by molar-refractivity contribution is 5.21. The van der Waals surface area contributed by atoms with Crippen molar-refractivity contribution in [2.24, 2.45) is 14.1 Å². The van der Waals surface area contributed by atoms with E-state index >= 15 is 0 Å². The largest absolute Gasteiger partial charge is 0.494 e. The molecular formula is C12H14N3O3+. The zero-order chi connectivity index (χ0) is 13.3. The van der Waals surface area contributed by atoms with Gasteiger partial charge in [-0.2, -0.15) is 0 Å². The van der Waals surface area contributed by atoms with Gasteiger partial charge in [0.25, 0.3) is 5.56 Å². The molecule has 6 heteroatoms. The van der Waals surface area contributed by atoms with Crippen LogP contribution in [0.15, 0.2) is 40.2 Å². The van der Waals surface area contributed by atoms with Gasteiger partial charge in [-0.1, -0.05) is 6.07 Å². The lowest BCUT2D eigenvalue weighted by Gasteiger charge is -2.08. The Morgan fingerprint density at radius 1 is 1.11 bits per heavy atom. The van der Waals surface area contributed by atoms with Gasteiger partial charge in [0, 0.05) is 26.2 Å². The van der Waals surface area contributed by atoms with Crippen LogP contribution in [-0.4, -0.2) is 14.2 Å². The van der Waals surface area contributed by atoms with Crippen molar-refractivity contribution in [3.05, 3.63) is 57.0 Å². The van der Waals surface area contributed by atoms with Gasteiger partial charge in [0.1, 0.15) is 5.56 Å². The lowest BCUT2D eigenvalue weighted by Crippen LogP contribution is -2.43. The second kappa shape index (κ2) is 4.48. The highest BCUT2D eigenvalue weighted by Gasteiger charge is 2.18. The second-order valence-corrected chi connectivity index (χ2v) is 4.06. The summed E-state index contributed by atoms with van der Waals surface area (Å²) in [5.41, 5.74) is -0.831. The summed E-state index contributed by atoms with van der Waals surface area (Å²) in [7, 11) is 2.82. The van der Waals surface area contributed by atoms with Crippen LogP contribution in [0.3, 0.4) is 0 Å². The molecule has 2 heterocycles. The predicted octanol–water partition coefficient (Wildman–Crippen LogP) is -0.875. The lowest BCUT2D eigenvalue weighted by molar-refractivity contribution is -0.688. The number of nitrogens with zero attached hydrogens (tertiary/aromatic N) is 3. The molecule has 0 aliphatic heterocycles. The molecule has 0 spiro atoms. The molecule has 0 aliphatic carbocycles. The average Bonchev–Trinajstić information content (AvgIpc) is 2.40. The lowest BCUT2D eigenvalue weighted by atomic mass is 10.3. The van der Waals surface area contributed by atoms with E-state index in [4.69, 9.17) is 0 Å². The van der Waals surface area contributed by atoms with Gasteiger partial charge < -0.3 is 5.11 Å². The number of aromatic nitrogens is 3. The van der Waals surface area contributed by atoms with Crippen molar-refractivity contribution in [3.63, 3.8) is 0 Å². The van der Waals surface area contributed by atoms with Gasteiger partial charge in [0.15, 0.2) is 18.9 Å². The van der Waals surface area contributed by atoms with E-state index in [9.17, 15) is 14.7 Å². The van der Waals surface area contributed by atoms with Crippen molar-refractivity contribution in [1.29, 1.82) is 0 Å². The first kappa shape index (κ1) is 12.1. The van der Waals surface area contributed by atoms with Crippen LogP contribution in [-0.2, 0) is 20.6 Å². The summed E-state index contributed by atoms with van der Waals surface area (Å²) in [6.45, 7) is 0.216. The maximum atomic E-state index is 11.9. The summed E-state index contributed by atoms with van der Waals surface area (Å²) >= 11 is 0. The molecule has 0 radical (unpaired) electrons. The van der Waals surface area contributed by atoms with Gasteiger partial charge in [0.2, 0.25) is 5.88 Å². The summed E-state index contributed by atoms with van der Waals surface area (Å²) in [4.78, 5) is 23.5. The molecule has 2 aromatic rings. The normalized spacial score (nSPS) is 10.6. The smallest absolute Gasteiger partial charge is 0.333 e. The molecule has 0 saturated heterocycles. The van der Waals surface area contributed by atoms with Crippen molar-refractivity contribution >= 4 is 0 Å². The van der Waals surface area contributed by atoms with E-state index in [0.29, 0.717) is 0 Å². The van der Waals surface area contributed by atoms with E-state index in [1.165, 1.54) is 14.1 Å². The molecule has 2 aromatic heterocycles. The van der Waals surface area contributed by atoms with Crippen LogP contribution in [0.4, 0.5) is 0 Å². The first-order valence-electron chi connectivity index (χ1n) is 5.44. The molecule has 0 saturated carbocycles. The molecular weight excluding hydrogens is 234 g/mol. The fourth-order valence-electron chi connectivity index (χ4n) is 1.76. The Morgan fingerprint density at radius 3 is 2.33 bits per heavy atom. The molecule has 0 fully saturated rings. The SMILES string of the molecule is Cn1c(O)c(C[n+]2ccccc2)c(=O)n(C)c1=O. The summed E-state index contributed by atoms with van der Waals surface area (Å²) < 4.78 is 3.79. The Labute approximate surface area is 103 Å². The van der Waals surface area contributed by atoms with Crippen LogP contribution in [0.1, 0.15) is 5.56 Å². The van der Waals surface area contributed by atoms with Crippen LogP contribution in [0.2, 0.25) is 0 Å². The monoisotopic (exact) mass is 248 g/mol. The summed E-state index contributed by atoms with van der Waals surface area (Å²) in [5, 5.41) is 9.88. The minimum atomic E-state index is -0.542. The molecule has 0 aliphatic rings. The first-order chi connectivity index (χ1) is 8.52. The zero-order valence-corrected chi connectivity index (χ0v) is 10.2. The Morgan fingerprint density at radius 2 is 1.72 bits per heavy atom. The van der Waals surface area contributed by atoms with Crippen molar-refractivity contribution in [1.82, 2.24) is 9.13 Å². The molecule has 0 atom stereocenters. The molecule has 0 aromatic carbocycles. The van der Waals surface area contributed by atoms with Crippen LogP contribution < -0.4 is 15.8 Å². The highest BCUT2D eigenvalue weighted by Crippen LogP contribution is 2.07. The third kappa shape index (κ3) is 1.92. The molecule has 2 rings (SSSR count). The molecule has 94 valence electrons. The van der Waals surface area contributed by atoms with E-state index in [1.807, 2.05) is 18.2 Å². The van der Waals surface area contributed by atoms with E-state index in [2.05, 4.69) is 0 Å². The Hall–Kier alpha value is -2.37. The Kier molecular flexibility index (Phi) is 3.01. The molecule has 18 heavy (non-hydrogen) atoms. The third-order valence-corrected chi connectivity index (χ3v) is 2.84. The number of hydrogen-bond donors (Lipinski definition) is 1. The summed E-state index contributed by atoms with van der Waals surface area (Å²) in [6, 6.07) is 5.50. The van der Waals surface area contributed by atoms with Crippen molar-refractivity contribution in [2.45, 2.75) is 6.54 Å². The number of aromatic hydroxyl groups is 1. The Bertz CT molecular complexity index is 686. The fourth-order valence-corrected chi connectivity index (χ4v) is 1.76. The van der Waals surface area contributed by atoms with Gasteiger partial charge in [-0.15, -0.1) is 0 Å². The standard InChI is InChI=1S/C12H13N3O3/c1-13-10(16)9(11(17)14(2)12(13)18)8-15-6-4-3-5-7-15/h3-7H,8H2,1-2H3/p+1. The Balaban J connectivity index is 2.59. The van der Waals surface area contributed by atoms with Crippen LogP contribution in [0, 0.1) is 0 Å². The number of hydrogen-bond acceptors (Lipinski definition) is 3.